The Labute approximate surface area is 193 Å². The van der Waals surface area contributed by atoms with Crippen LogP contribution in [0.15, 0.2) is 34.8 Å². The van der Waals surface area contributed by atoms with E-state index in [0.717, 1.165) is 22.4 Å². The molecule has 3 heterocycles. The standard InChI is InChI=1S/C21H23N5O4S2/c1-29-15-8-13-5-6-25(10-14(13)9-16(15)30-2)19(28)12-32-21-24-23-20(17-4-3-7-31-17)26(21)11-18(22)27/h3-4,7-9H,5-6,10-12H2,1-2H3,(H2,22,27). The van der Waals surface area contributed by atoms with E-state index in [1.54, 1.807) is 18.8 Å². The molecule has 1 aliphatic rings. The van der Waals surface area contributed by atoms with Crippen LogP contribution < -0.4 is 15.2 Å². The van der Waals surface area contributed by atoms with Gasteiger partial charge in [-0.3, -0.25) is 14.2 Å². The average Bonchev–Trinajstić information content (AvgIpc) is 3.45. The van der Waals surface area contributed by atoms with Crippen molar-refractivity contribution in [3.63, 3.8) is 0 Å². The summed E-state index contributed by atoms with van der Waals surface area (Å²) in [5.74, 6) is 1.59. The first kappa shape index (κ1) is 22.2. The summed E-state index contributed by atoms with van der Waals surface area (Å²) in [5.41, 5.74) is 7.62. The van der Waals surface area contributed by atoms with E-state index in [2.05, 4.69) is 10.2 Å². The molecule has 0 bridgehead atoms. The molecule has 2 amide bonds. The van der Waals surface area contributed by atoms with Gasteiger partial charge in [-0.1, -0.05) is 17.8 Å². The molecular formula is C21H23N5O4S2. The van der Waals surface area contributed by atoms with E-state index in [1.165, 1.54) is 23.1 Å². The van der Waals surface area contributed by atoms with Gasteiger partial charge >= 0.3 is 0 Å². The van der Waals surface area contributed by atoms with Gasteiger partial charge in [0.05, 0.1) is 24.8 Å². The minimum Gasteiger partial charge on any atom is -0.493 e. The summed E-state index contributed by atoms with van der Waals surface area (Å²) in [7, 11) is 3.21. The van der Waals surface area contributed by atoms with Crippen molar-refractivity contribution in [3.8, 4) is 22.2 Å². The van der Waals surface area contributed by atoms with E-state index in [4.69, 9.17) is 15.2 Å². The maximum Gasteiger partial charge on any atom is 0.237 e. The van der Waals surface area contributed by atoms with Crippen molar-refractivity contribution in [3.05, 3.63) is 40.8 Å². The first-order valence-corrected chi connectivity index (χ1v) is 11.8. The second-order valence-corrected chi connectivity index (χ2v) is 9.06. The highest BCUT2D eigenvalue weighted by Crippen LogP contribution is 2.33. The third kappa shape index (κ3) is 4.58. The van der Waals surface area contributed by atoms with Gasteiger partial charge in [0.25, 0.3) is 0 Å². The molecule has 2 aromatic heterocycles. The number of amides is 2. The largest absolute Gasteiger partial charge is 0.493 e. The van der Waals surface area contributed by atoms with Gasteiger partial charge in [0.1, 0.15) is 6.54 Å². The Morgan fingerprint density at radius 1 is 1.19 bits per heavy atom. The van der Waals surface area contributed by atoms with Crippen molar-refractivity contribution >= 4 is 34.9 Å². The van der Waals surface area contributed by atoms with Crippen LogP contribution in [0.4, 0.5) is 0 Å². The number of hydrogen-bond donors (Lipinski definition) is 1. The van der Waals surface area contributed by atoms with Crippen molar-refractivity contribution in [2.75, 3.05) is 26.5 Å². The third-order valence-electron chi connectivity index (χ3n) is 5.17. The number of thioether (sulfide) groups is 1. The van der Waals surface area contributed by atoms with Crippen molar-refractivity contribution in [2.24, 2.45) is 5.73 Å². The number of rotatable bonds is 8. The SMILES string of the molecule is COc1cc2c(cc1OC)CN(C(=O)CSc1nnc(-c3cccs3)n1CC(N)=O)CC2. The minimum atomic E-state index is -0.493. The molecule has 0 atom stereocenters. The van der Waals surface area contributed by atoms with E-state index in [9.17, 15) is 9.59 Å². The molecule has 1 aliphatic heterocycles. The Morgan fingerprint density at radius 2 is 1.94 bits per heavy atom. The lowest BCUT2D eigenvalue weighted by molar-refractivity contribution is -0.129. The third-order valence-corrected chi connectivity index (χ3v) is 6.99. The number of benzene rings is 1. The number of carbonyl (C=O) groups excluding carboxylic acids is 2. The highest BCUT2D eigenvalue weighted by Gasteiger charge is 2.24. The van der Waals surface area contributed by atoms with Crippen LogP contribution in [0.1, 0.15) is 11.1 Å². The summed E-state index contributed by atoms with van der Waals surface area (Å²) in [5, 5.41) is 10.8. The molecule has 4 rings (SSSR count). The molecule has 1 aromatic carbocycles. The molecule has 0 saturated carbocycles. The fourth-order valence-corrected chi connectivity index (χ4v) is 5.15. The number of methoxy groups -OCH3 is 2. The van der Waals surface area contributed by atoms with Crippen molar-refractivity contribution in [1.82, 2.24) is 19.7 Å². The summed E-state index contributed by atoms with van der Waals surface area (Å²) in [6, 6.07) is 7.71. The fourth-order valence-electron chi connectivity index (χ4n) is 3.60. The van der Waals surface area contributed by atoms with Gasteiger partial charge in [0.15, 0.2) is 22.5 Å². The van der Waals surface area contributed by atoms with Gasteiger partial charge in [-0.15, -0.1) is 21.5 Å². The average molecular weight is 474 g/mol. The van der Waals surface area contributed by atoms with Gasteiger partial charge in [-0.05, 0) is 41.1 Å². The molecule has 32 heavy (non-hydrogen) atoms. The lowest BCUT2D eigenvalue weighted by atomic mass is 9.99. The van der Waals surface area contributed by atoms with Crippen LogP contribution in [0, 0.1) is 0 Å². The van der Waals surface area contributed by atoms with Crippen LogP contribution in [0.5, 0.6) is 11.5 Å². The second-order valence-electron chi connectivity index (χ2n) is 7.17. The van der Waals surface area contributed by atoms with Crippen molar-refractivity contribution in [2.45, 2.75) is 24.7 Å². The Hall–Kier alpha value is -3.05. The van der Waals surface area contributed by atoms with Crippen LogP contribution in [-0.2, 0) is 29.1 Å². The highest BCUT2D eigenvalue weighted by molar-refractivity contribution is 7.99. The van der Waals surface area contributed by atoms with Gasteiger partial charge in [-0.25, -0.2) is 0 Å². The Balaban J connectivity index is 1.46. The zero-order valence-corrected chi connectivity index (χ0v) is 19.4. The zero-order chi connectivity index (χ0) is 22.7. The van der Waals surface area contributed by atoms with Crippen LogP contribution in [0.2, 0.25) is 0 Å². The molecule has 168 valence electrons. The monoisotopic (exact) mass is 473 g/mol. The Kier molecular flexibility index (Phi) is 6.66. The van der Waals surface area contributed by atoms with Gasteiger partial charge in [0, 0.05) is 13.1 Å². The molecule has 0 spiro atoms. The first-order chi connectivity index (χ1) is 15.5. The van der Waals surface area contributed by atoms with E-state index < -0.39 is 5.91 Å². The topological polar surface area (TPSA) is 113 Å². The highest BCUT2D eigenvalue weighted by atomic mass is 32.2. The number of fused-ring (bicyclic) bond motifs is 1. The Bertz CT molecular complexity index is 1130. The van der Waals surface area contributed by atoms with Crippen LogP contribution >= 0.6 is 23.1 Å². The second kappa shape index (κ2) is 9.61. The van der Waals surface area contributed by atoms with E-state index in [1.807, 2.05) is 34.5 Å². The lowest BCUT2D eigenvalue weighted by Crippen LogP contribution is -2.37. The number of nitrogens with zero attached hydrogens (tertiary/aromatic N) is 4. The first-order valence-electron chi connectivity index (χ1n) is 9.90. The molecule has 2 N–H and O–H groups in total. The number of nitrogens with two attached hydrogens (primary N) is 1. The number of primary amides is 1. The number of hydrogen-bond acceptors (Lipinski definition) is 8. The van der Waals surface area contributed by atoms with Crippen molar-refractivity contribution < 1.29 is 19.1 Å². The number of ether oxygens (including phenoxy) is 2. The van der Waals surface area contributed by atoms with Crippen molar-refractivity contribution in [1.29, 1.82) is 0 Å². The summed E-state index contributed by atoms with van der Waals surface area (Å²) in [6.07, 6.45) is 0.743. The molecule has 0 radical (unpaired) electrons. The zero-order valence-electron chi connectivity index (χ0n) is 17.7. The molecule has 0 unspecified atom stereocenters. The van der Waals surface area contributed by atoms with E-state index in [-0.39, 0.29) is 18.2 Å². The van der Waals surface area contributed by atoms with Gasteiger partial charge in [0.2, 0.25) is 11.8 Å². The Morgan fingerprint density at radius 3 is 2.59 bits per heavy atom. The molecule has 0 aliphatic carbocycles. The predicted molar refractivity (Wildman–Crippen MR) is 122 cm³/mol. The summed E-state index contributed by atoms with van der Waals surface area (Å²) in [4.78, 5) is 27.2. The summed E-state index contributed by atoms with van der Waals surface area (Å²) >= 11 is 2.75. The number of thiophene rings is 1. The molecule has 0 fully saturated rings. The quantitative estimate of drug-likeness (QED) is 0.499. The molecule has 0 saturated heterocycles. The minimum absolute atomic E-state index is 0.0123. The number of aromatic nitrogens is 3. The number of carbonyl (C=O) groups is 2. The van der Waals surface area contributed by atoms with Gasteiger partial charge < -0.3 is 20.1 Å². The predicted octanol–water partition coefficient (Wildman–Crippen LogP) is 2.19. The molecular weight excluding hydrogens is 450 g/mol. The smallest absolute Gasteiger partial charge is 0.237 e. The van der Waals surface area contributed by atoms with Crippen LogP contribution in [0.25, 0.3) is 10.7 Å². The van der Waals surface area contributed by atoms with Gasteiger partial charge in [-0.2, -0.15) is 0 Å². The maximum absolute atomic E-state index is 12.9. The molecule has 3 aromatic rings. The summed E-state index contributed by atoms with van der Waals surface area (Å²) in [6.45, 7) is 1.08. The van der Waals surface area contributed by atoms with Crippen LogP contribution in [-0.4, -0.2) is 58.0 Å². The molecule has 11 heteroatoms. The lowest BCUT2D eigenvalue weighted by Gasteiger charge is -2.29. The van der Waals surface area contributed by atoms with E-state index >= 15 is 0 Å². The molecule has 9 nitrogen and oxygen atoms in total. The van der Waals surface area contributed by atoms with Crippen LogP contribution in [0.3, 0.4) is 0 Å². The van der Waals surface area contributed by atoms with E-state index in [0.29, 0.717) is 35.6 Å². The summed E-state index contributed by atoms with van der Waals surface area (Å²) < 4.78 is 12.4. The fraction of sp³-hybridized carbons (Fsp3) is 0.333. The normalized spacial score (nSPS) is 13.0. The maximum atomic E-state index is 12.9.